The number of aromatic nitrogens is 2. The molecule has 0 saturated heterocycles. The molecule has 1 aromatic carbocycles. The lowest BCUT2D eigenvalue weighted by molar-refractivity contribution is -0.145. The second-order valence-corrected chi connectivity index (χ2v) is 6.66. The van der Waals surface area contributed by atoms with E-state index in [1.54, 1.807) is 42.7 Å². The first kappa shape index (κ1) is 16.1. The van der Waals surface area contributed by atoms with Crippen LogP contribution in [0.2, 0.25) is 0 Å². The maximum atomic E-state index is 11.7. The number of aliphatic carboxylic acids is 1. The van der Waals surface area contributed by atoms with Gasteiger partial charge in [-0.25, -0.2) is 14.8 Å². The predicted octanol–water partition coefficient (Wildman–Crippen LogP) is 2.82. The molecule has 0 saturated carbocycles. The van der Waals surface area contributed by atoms with Crippen molar-refractivity contribution in [3.63, 3.8) is 0 Å². The molecule has 2 aromatic rings. The van der Waals surface area contributed by atoms with Gasteiger partial charge in [0.15, 0.2) is 5.82 Å². The van der Waals surface area contributed by atoms with Gasteiger partial charge in [-0.05, 0) is 23.5 Å². The SMILES string of the molecule is CC(C)(C)C[C@](N)(C(=O)O)c1ccc(-c2ncccn2)cc1. The number of rotatable bonds is 4. The van der Waals surface area contributed by atoms with Crippen LogP contribution < -0.4 is 5.73 Å². The van der Waals surface area contributed by atoms with Crippen molar-refractivity contribution in [2.75, 3.05) is 0 Å². The lowest BCUT2D eigenvalue weighted by Gasteiger charge is -2.32. The maximum absolute atomic E-state index is 11.7. The van der Waals surface area contributed by atoms with Gasteiger partial charge >= 0.3 is 5.97 Å². The summed E-state index contributed by atoms with van der Waals surface area (Å²) in [5, 5.41) is 9.59. The van der Waals surface area contributed by atoms with Crippen molar-refractivity contribution < 1.29 is 9.90 Å². The van der Waals surface area contributed by atoms with Crippen molar-refractivity contribution in [2.45, 2.75) is 32.7 Å². The third kappa shape index (κ3) is 3.49. The molecule has 0 unspecified atom stereocenters. The Labute approximate surface area is 130 Å². The molecule has 0 aliphatic rings. The molecule has 0 amide bonds. The van der Waals surface area contributed by atoms with E-state index < -0.39 is 11.5 Å². The van der Waals surface area contributed by atoms with Crippen LogP contribution in [0, 0.1) is 5.41 Å². The maximum Gasteiger partial charge on any atom is 0.328 e. The summed E-state index contributed by atoms with van der Waals surface area (Å²) < 4.78 is 0. The van der Waals surface area contributed by atoms with Crippen LogP contribution >= 0.6 is 0 Å². The summed E-state index contributed by atoms with van der Waals surface area (Å²) in [6, 6.07) is 8.84. The fourth-order valence-electron chi connectivity index (χ4n) is 2.50. The van der Waals surface area contributed by atoms with Gasteiger partial charge in [-0.2, -0.15) is 0 Å². The van der Waals surface area contributed by atoms with Crippen LogP contribution in [0.3, 0.4) is 0 Å². The molecule has 22 heavy (non-hydrogen) atoms. The highest BCUT2D eigenvalue weighted by Crippen LogP contribution is 2.33. The summed E-state index contributed by atoms with van der Waals surface area (Å²) in [5.41, 5.74) is 6.00. The van der Waals surface area contributed by atoms with Gasteiger partial charge in [-0.1, -0.05) is 45.0 Å². The third-order valence-corrected chi connectivity index (χ3v) is 3.41. The van der Waals surface area contributed by atoms with Gasteiger partial charge in [0.1, 0.15) is 5.54 Å². The highest BCUT2D eigenvalue weighted by molar-refractivity contribution is 5.80. The summed E-state index contributed by atoms with van der Waals surface area (Å²) in [5.74, 6) is -0.422. The second-order valence-electron chi connectivity index (χ2n) is 6.66. The Balaban J connectivity index is 2.37. The predicted molar refractivity (Wildman–Crippen MR) is 85.0 cm³/mol. The Morgan fingerprint density at radius 2 is 1.68 bits per heavy atom. The summed E-state index contributed by atoms with van der Waals surface area (Å²) in [7, 11) is 0. The Hall–Kier alpha value is -2.27. The van der Waals surface area contributed by atoms with Gasteiger partial charge in [-0.3, -0.25) is 0 Å². The molecule has 0 bridgehead atoms. The van der Waals surface area contributed by atoms with E-state index in [9.17, 15) is 9.90 Å². The summed E-state index contributed by atoms with van der Waals surface area (Å²) >= 11 is 0. The third-order valence-electron chi connectivity index (χ3n) is 3.41. The zero-order valence-electron chi connectivity index (χ0n) is 13.1. The van der Waals surface area contributed by atoms with Crippen LogP contribution in [-0.2, 0) is 10.3 Å². The number of carboxylic acids is 1. The van der Waals surface area contributed by atoms with Crippen molar-refractivity contribution in [3.05, 3.63) is 48.3 Å². The summed E-state index contributed by atoms with van der Waals surface area (Å²) in [6.45, 7) is 5.93. The van der Waals surface area contributed by atoms with E-state index in [1.807, 2.05) is 20.8 Å². The lowest BCUT2D eigenvalue weighted by Crippen LogP contribution is -2.47. The Kier molecular flexibility index (Phi) is 4.28. The minimum Gasteiger partial charge on any atom is -0.480 e. The molecule has 3 N–H and O–H groups in total. The van der Waals surface area contributed by atoms with Gasteiger partial charge < -0.3 is 10.8 Å². The van der Waals surface area contributed by atoms with E-state index >= 15 is 0 Å². The zero-order valence-corrected chi connectivity index (χ0v) is 13.1. The molecule has 0 fully saturated rings. The molecular formula is C17H21N3O2. The van der Waals surface area contributed by atoms with E-state index in [-0.39, 0.29) is 5.41 Å². The smallest absolute Gasteiger partial charge is 0.328 e. The summed E-state index contributed by atoms with van der Waals surface area (Å²) in [4.78, 5) is 20.1. The number of nitrogens with zero attached hydrogens (tertiary/aromatic N) is 2. The topological polar surface area (TPSA) is 89.1 Å². The van der Waals surface area contributed by atoms with Gasteiger partial charge in [-0.15, -0.1) is 0 Å². The molecule has 116 valence electrons. The monoisotopic (exact) mass is 299 g/mol. The molecule has 1 aromatic heterocycles. The zero-order chi connectivity index (χ0) is 16.4. The van der Waals surface area contributed by atoms with Crippen LogP contribution in [0.5, 0.6) is 0 Å². The fraction of sp³-hybridized carbons (Fsp3) is 0.353. The molecule has 5 nitrogen and oxygen atoms in total. The average molecular weight is 299 g/mol. The average Bonchev–Trinajstić information content (AvgIpc) is 2.46. The van der Waals surface area contributed by atoms with Crippen molar-refractivity contribution in [1.82, 2.24) is 9.97 Å². The lowest BCUT2D eigenvalue weighted by atomic mass is 9.76. The van der Waals surface area contributed by atoms with E-state index in [0.717, 1.165) is 5.56 Å². The largest absolute Gasteiger partial charge is 0.480 e. The minimum absolute atomic E-state index is 0.200. The van der Waals surface area contributed by atoms with Crippen LogP contribution in [-0.4, -0.2) is 21.0 Å². The van der Waals surface area contributed by atoms with Crippen molar-refractivity contribution in [3.8, 4) is 11.4 Å². The number of hydrogen-bond donors (Lipinski definition) is 2. The van der Waals surface area contributed by atoms with Crippen molar-refractivity contribution in [2.24, 2.45) is 11.1 Å². The van der Waals surface area contributed by atoms with Gasteiger partial charge in [0.05, 0.1) is 0 Å². The number of benzene rings is 1. The second kappa shape index (κ2) is 5.85. The van der Waals surface area contributed by atoms with E-state index in [4.69, 9.17) is 5.73 Å². The molecule has 0 spiro atoms. The van der Waals surface area contributed by atoms with Crippen LogP contribution in [0.15, 0.2) is 42.7 Å². The van der Waals surface area contributed by atoms with Crippen LogP contribution in [0.4, 0.5) is 0 Å². The highest BCUT2D eigenvalue weighted by Gasteiger charge is 2.39. The number of nitrogens with two attached hydrogens (primary N) is 1. The molecule has 2 rings (SSSR count). The first-order valence-electron chi connectivity index (χ1n) is 7.13. The van der Waals surface area contributed by atoms with Crippen LogP contribution in [0.25, 0.3) is 11.4 Å². The number of carboxylic acid groups (broad SMARTS) is 1. The Morgan fingerprint density at radius 1 is 1.14 bits per heavy atom. The van der Waals surface area contributed by atoms with E-state index in [1.165, 1.54) is 0 Å². The molecular weight excluding hydrogens is 278 g/mol. The first-order chi connectivity index (χ1) is 10.2. The molecule has 0 aliphatic carbocycles. The van der Waals surface area contributed by atoms with Gasteiger partial charge in [0, 0.05) is 18.0 Å². The van der Waals surface area contributed by atoms with E-state index in [0.29, 0.717) is 17.8 Å². The normalized spacial score (nSPS) is 14.4. The molecule has 5 heteroatoms. The Bertz CT molecular complexity index is 648. The minimum atomic E-state index is -1.41. The quantitative estimate of drug-likeness (QED) is 0.906. The van der Waals surface area contributed by atoms with E-state index in [2.05, 4.69) is 9.97 Å². The first-order valence-corrected chi connectivity index (χ1v) is 7.13. The van der Waals surface area contributed by atoms with Crippen molar-refractivity contribution >= 4 is 5.97 Å². The number of hydrogen-bond acceptors (Lipinski definition) is 4. The standard InChI is InChI=1S/C17H21N3O2/c1-16(2,3)11-17(18,15(21)22)13-7-5-12(6-8-13)14-19-9-4-10-20-14/h4-10H,11,18H2,1-3H3,(H,21,22)/t17-/m1/s1. The van der Waals surface area contributed by atoms with Crippen molar-refractivity contribution in [1.29, 1.82) is 0 Å². The van der Waals surface area contributed by atoms with Crippen LogP contribution in [0.1, 0.15) is 32.8 Å². The Morgan fingerprint density at radius 3 is 2.14 bits per heavy atom. The van der Waals surface area contributed by atoms with Gasteiger partial charge in [0.2, 0.25) is 0 Å². The molecule has 1 heterocycles. The summed E-state index contributed by atoms with van der Waals surface area (Å²) in [6.07, 6.45) is 3.68. The highest BCUT2D eigenvalue weighted by atomic mass is 16.4. The number of carbonyl (C=O) groups is 1. The molecule has 0 aliphatic heterocycles. The molecule has 0 radical (unpaired) electrons. The molecule has 1 atom stereocenters. The van der Waals surface area contributed by atoms with Gasteiger partial charge in [0.25, 0.3) is 0 Å². The fourth-order valence-corrected chi connectivity index (χ4v) is 2.50.